The Morgan fingerprint density at radius 2 is 2.10 bits per heavy atom. The fourth-order valence-electron chi connectivity index (χ4n) is 2.33. The molecule has 1 heterocycles. The van der Waals surface area contributed by atoms with Crippen LogP contribution in [-0.4, -0.2) is 43.1 Å². The minimum absolute atomic E-state index is 0.0338. The van der Waals surface area contributed by atoms with Gasteiger partial charge in [0.2, 0.25) is 5.91 Å². The number of likely N-dealkylation sites (N-methyl/N-ethyl adjacent to an activating group) is 1. The minimum Gasteiger partial charge on any atom is -0.442 e. The van der Waals surface area contributed by atoms with Gasteiger partial charge in [0.1, 0.15) is 6.10 Å². The highest BCUT2D eigenvalue weighted by Crippen LogP contribution is 2.12. The summed E-state index contributed by atoms with van der Waals surface area (Å²) in [4.78, 5) is 24.6. The maximum absolute atomic E-state index is 11.9. The number of cyclic esters (lactones) is 1. The lowest BCUT2D eigenvalue weighted by atomic mass is 10.0. The van der Waals surface area contributed by atoms with Crippen LogP contribution >= 0.6 is 0 Å². The Labute approximate surface area is 122 Å². The molecule has 1 aliphatic rings. The molecular weight excluding hydrogens is 256 g/mol. The molecule has 116 valence electrons. The van der Waals surface area contributed by atoms with E-state index in [1.54, 1.807) is 7.05 Å². The lowest BCUT2D eigenvalue weighted by Crippen LogP contribution is -2.37. The third-order valence-electron chi connectivity index (χ3n) is 3.75. The van der Waals surface area contributed by atoms with Gasteiger partial charge in [0.05, 0.1) is 13.1 Å². The predicted octanol–water partition coefficient (Wildman–Crippen LogP) is 2.55. The van der Waals surface area contributed by atoms with Crippen LogP contribution in [0.1, 0.15) is 52.4 Å². The molecule has 5 heteroatoms. The average molecular weight is 284 g/mol. The van der Waals surface area contributed by atoms with Crippen LogP contribution in [0.3, 0.4) is 0 Å². The monoisotopic (exact) mass is 284 g/mol. The number of unbranched alkanes of at least 4 members (excludes halogenated alkanes) is 4. The summed E-state index contributed by atoms with van der Waals surface area (Å²) < 4.78 is 5.10. The van der Waals surface area contributed by atoms with E-state index in [4.69, 9.17) is 4.74 Å². The van der Waals surface area contributed by atoms with Crippen LogP contribution in [0.25, 0.3) is 0 Å². The van der Waals surface area contributed by atoms with Crippen molar-refractivity contribution < 1.29 is 14.3 Å². The Morgan fingerprint density at radius 1 is 1.40 bits per heavy atom. The molecule has 1 saturated heterocycles. The van der Waals surface area contributed by atoms with E-state index in [-0.39, 0.29) is 24.0 Å². The number of carbonyl (C=O) groups excluding carboxylic acids is 2. The number of nitrogens with one attached hydrogen (secondary N) is 1. The number of hydrogen-bond donors (Lipinski definition) is 1. The molecule has 0 radical (unpaired) electrons. The Kier molecular flexibility index (Phi) is 7.41. The SMILES string of the molecule is CCCCCCCC(C)C(=O)NCC1CN(C)C(=O)O1. The van der Waals surface area contributed by atoms with E-state index in [0.29, 0.717) is 13.1 Å². The molecule has 0 aliphatic carbocycles. The lowest BCUT2D eigenvalue weighted by molar-refractivity contribution is -0.125. The molecule has 2 atom stereocenters. The largest absolute Gasteiger partial charge is 0.442 e. The molecule has 5 nitrogen and oxygen atoms in total. The second-order valence-corrected chi connectivity index (χ2v) is 5.74. The molecule has 20 heavy (non-hydrogen) atoms. The second kappa shape index (κ2) is 8.82. The van der Waals surface area contributed by atoms with Gasteiger partial charge >= 0.3 is 6.09 Å². The zero-order valence-electron chi connectivity index (χ0n) is 13.0. The van der Waals surface area contributed by atoms with Crippen LogP contribution in [0.2, 0.25) is 0 Å². The van der Waals surface area contributed by atoms with E-state index >= 15 is 0 Å². The van der Waals surface area contributed by atoms with Crippen molar-refractivity contribution in [2.24, 2.45) is 5.92 Å². The molecule has 2 amide bonds. The van der Waals surface area contributed by atoms with Gasteiger partial charge in [-0.3, -0.25) is 4.79 Å². The first kappa shape index (κ1) is 16.8. The topological polar surface area (TPSA) is 58.6 Å². The molecule has 0 bridgehead atoms. The highest BCUT2D eigenvalue weighted by Gasteiger charge is 2.28. The Balaban J connectivity index is 2.11. The number of hydrogen-bond acceptors (Lipinski definition) is 3. The first-order chi connectivity index (χ1) is 9.54. The molecule has 0 aromatic carbocycles. The normalized spacial score (nSPS) is 19.9. The number of rotatable bonds is 9. The number of ether oxygens (including phenoxy) is 1. The standard InChI is InChI=1S/C15H28N2O3/c1-4-5-6-7-8-9-12(2)14(18)16-10-13-11-17(3)15(19)20-13/h12-13H,4-11H2,1-3H3,(H,16,18). The van der Waals surface area contributed by atoms with Gasteiger partial charge in [-0.25, -0.2) is 4.79 Å². The summed E-state index contributed by atoms with van der Waals surface area (Å²) in [6.07, 6.45) is 6.49. The lowest BCUT2D eigenvalue weighted by Gasteiger charge is -2.14. The Morgan fingerprint density at radius 3 is 2.70 bits per heavy atom. The van der Waals surface area contributed by atoms with E-state index in [1.807, 2.05) is 6.92 Å². The summed E-state index contributed by atoms with van der Waals surface area (Å²) in [5.41, 5.74) is 0. The quantitative estimate of drug-likeness (QED) is 0.662. The smallest absolute Gasteiger partial charge is 0.410 e. The fourth-order valence-corrected chi connectivity index (χ4v) is 2.33. The van der Waals surface area contributed by atoms with E-state index in [0.717, 1.165) is 12.8 Å². The van der Waals surface area contributed by atoms with Crippen molar-refractivity contribution in [1.29, 1.82) is 0 Å². The molecule has 0 aromatic heterocycles. The van der Waals surface area contributed by atoms with Gasteiger partial charge in [0.15, 0.2) is 0 Å². The molecule has 1 rings (SSSR count). The third kappa shape index (κ3) is 5.80. The third-order valence-corrected chi connectivity index (χ3v) is 3.75. The van der Waals surface area contributed by atoms with Gasteiger partial charge in [-0.1, -0.05) is 46.0 Å². The van der Waals surface area contributed by atoms with Gasteiger partial charge in [-0.05, 0) is 6.42 Å². The summed E-state index contributed by atoms with van der Waals surface area (Å²) in [6.45, 7) is 5.12. The molecule has 0 spiro atoms. The van der Waals surface area contributed by atoms with Crippen molar-refractivity contribution >= 4 is 12.0 Å². The van der Waals surface area contributed by atoms with E-state index in [1.165, 1.54) is 30.6 Å². The van der Waals surface area contributed by atoms with Gasteiger partial charge in [-0.15, -0.1) is 0 Å². The van der Waals surface area contributed by atoms with Crippen LogP contribution in [0.5, 0.6) is 0 Å². The Bertz CT molecular complexity index is 320. The summed E-state index contributed by atoms with van der Waals surface area (Å²) in [6, 6.07) is 0. The van der Waals surface area contributed by atoms with Gasteiger partial charge < -0.3 is 15.0 Å². The van der Waals surface area contributed by atoms with Crippen LogP contribution in [0.4, 0.5) is 4.79 Å². The zero-order valence-corrected chi connectivity index (χ0v) is 13.0. The van der Waals surface area contributed by atoms with Crippen LogP contribution in [0, 0.1) is 5.92 Å². The molecule has 1 fully saturated rings. The predicted molar refractivity (Wildman–Crippen MR) is 78.4 cm³/mol. The molecular formula is C15H28N2O3. The molecule has 1 N–H and O–H groups in total. The molecule has 0 aromatic rings. The summed E-state index contributed by atoms with van der Waals surface area (Å²) >= 11 is 0. The summed E-state index contributed by atoms with van der Waals surface area (Å²) in [5.74, 6) is 0.0950. The average Bonchev–Trinajstić information content (AvgIpc) is 2.74. The Hall–Kier alpha value is -1.26. The summed E-state index contributed by atoms with van der Waals surface area (Å²) in [5, 5.41) is 2.87. The summed E-state index contributed by atoms with van der Waals surface area (Å²) in [7, 11) is 1.70. The van der Waals surface area contributed by atoms with Gasteiger partial charge in [-0.2, -0.15) is 0 Å². The number of nitrogens with zero attached hydrogens (tertiary/aromatic N) is 1. The zero-order chi connectivity index (χ0) is 15.0. The van der Waals surface area contributed by atoms with Crippen molar-refractivity contribution in [1.82, 2.24) is 10.2 Å². The highest BCUT2D eigenvalue weighted by molar-refractivity contribution is 5.78. The van der Waals surface area contributed by atoms with Crippen LogP contribution < -0.4 is 5.32 Å². The van der Waals surface area contributed by atoms with E-state index in [9.17, 15) is 9.59 Å². The second-order valence-electron chi connectivity index (χ2n) is 5.74. The maximum Gasteiger partial charge on any atom is 0.410 e. The van der Waals surface area contributed by atoms with Gasteiger partial charge in [0, 0.05) is 13.0 Å². The van der Waals surface area contributed by atoms with Gasteiger partial charge in [0.25, 0.3) is 0 Å². The van der Waals surface area contributed by atoms with Crippen molar-refractivity contribution in [3.8, 4) is 0 Å². The van der Waals surface area contributed by atoms with Crippen LogP contribution in [-0.2, 0) is 9.53 Å². The van der Waals surface area contributed by atoms with Crippen LogP contribution in [0.15, 0.2) is 0 Å². The van der Waals surface area contributed by atoms with E-state index in [2.05, 4.69) is 12.2 Å². The first-order valence-corrected chi connectivity index (χ1v) is 7.74. The minimum atomic E-state index is -0.312. The number of carbonyl (C=O) groups is 2. The fraction of sp³-hybridized carbons (Fsp3) is 0.867. The van der Waals surface area contributed by atoms with Crippen molar-refractivity contribution in [2.45, 2.75) is 58.5 Å². The highest BCUT2D eigenvalue weighted by atomic mass is 16.6. The molecule has 0 saturated carbocycles. The van der Waals surface area contributed by atoms with Crippen molar-refractivity contribution in [3.63, 3.8) is 0 Å². The van der Waals surface area contributed by atoms with E-state index < -0.39 is 0 Å². The van der Waals surface area contributed by atoms with Crippen molar-refractivity contribution in [2.75, 3.05) is 20.1 Å². The molecule has 2 unspecified atom stereocenters. The number of amides is 2. The first-order valence-electron chi connectivity index (χ1n) is 7.74. The maximum atomic E-state index is 11.9. The van der Waals surface area contributed by atoms with Crippen molar-refractivity contribution in [3.05, 3.63) is 0 Å². The molecule has 1 aliphatic heterocycles.